The van der Waals surface area contributed by atoms with Crippen molar-refractivity contribution < 1.29 is 4.79 Å². The summed E-state index contributed by atoms with van der Waals surface area (Å²) in [7, 11) is 0. The number of unbranched alkanes of at least 4 members (excludes halogenated alkanes) is 1. The van der Waals surface area contributed by atoms with E-state index in [1.54, 1.807) is 23.2 Å². The molecule has 0 fully saturated rings. The monoisotopic (exact) mass is 640 g/mol. The van der Waals surface area contributed by atoms with Crippen LogP contribution >= 0.6 is 0 Å². The normalized spacial score (nSPS) is 11.1. The van der Waals surface area contributed by atoms with E-state index in [9.17, 15) is 9.59 Å². The van der Waals surface area contributed by atoms with E-state index in [1.165, 1.54) is 0 Å². The predicted molar refractivity (Wildman–Crippen MR) is 196 cm³/mol. The van der Waals surface area contributed by atoms with Crippen LogP contribution in [0.3, 0.4) is 0 Å². The van der Waals surface area contributed by atoms with Crippen molar-refractivity contribution >= 4 is 28.4 Å². The molecule has 3 aromatic heterocycles. The molecule has 0 aliphatic carbocycles. The van der Waals surface area contributed by atoms with Crippen LogP contribution in [0.5, 0.6) is 0 Å². The Morgan fingerprint density at radius 1 is 0.875 bits per heavy atom. The first-order valence-electron chi connectivity index (χ1n) is 16.7. The van der Waals surface area contributed by atoms with Crippen LogP contribution < -0.4 is 21.5 Å². The number of hydrogen-bond donors (Lipinski definition) is 3. The number of pyridine rings is 3. The van der Waals surface area contributed by atoms with E-state index >= 15 is 0 Å². The number of fused-ring (bicyclic) bond motifs is 1. The second kappa shape index (κ2) is 16.0. The molecule has 0 bridgehead atoms. The summed E-state index contributed by atoms with van der Waals surface area (Å²) in [6.45, 7) is 12.2. The van der Waals surface area contributed by atoms with Gasteiger partial charge in [0.15, 0.2) is 0 Å². The fourth-order valence-electron chi connectivity index (χ4n) is 5.84. The van der Waals surface area contributed by atoms with Gasteiger partial charge in [-0.2, -0.15) is 0 Å². The second-order valence-electron chi connectivity index (χ2n) is 12.5. The Morgan fingerprint density at radius 2 is 1.58 bits per heavy atom. The van der Waals surface area contributed by atoms with Crippen molar-refractivity contribution in [1.82, 2.24) is 19.9 Å². The average Bonchev–Trinajstić information content (AvgIpc) is 3.08. The van der Waals surface area contributed by atoms with Crippen molar-refractivity contribution in [3.63, 3.8) is 0 Å². The third-order valence-corrected chi connectivity index (χ3v) is 8.28. The molecule has 2 amide bonds. The Balaban J connectivity index is 1.54. The minimum Gasteiger partial charge on any atom is -0.307 e. The van der Waals surface area contributed by atoms with Gasteiger partial charge in [0.25, 0.3) is 5.56 Å². The number of nitrogens with zero attached hydrogens (tertiary/aromatic N) is 3. The van der Waals surface area contributed by atoms with Crippen LogP contribution in [0, 0.1) is 11.8 Å². The van der Waals surface area contributed by atoms with Crippen molar-refractivity contribution in [2.75, 3.05) is 17.2 Å². The van der Waals surface area contributed by atoms with Crippen LogP contribution in [-0.2, 0) is 13.1 Å². The Morgan fingerprint density at radius 3 is 2.29 bits per heavy atom. The summed E-state index contributed by atoms with van der Waals surface area (Å²) in [5.41, 5.74) is 6.69. The van der Waals surface area contributed by atoms with Gasteiger partial charge in [0.2, 0.25) is 0 Å². The lowest BCUT2D eigenvalue weighted by molar-refractivity contribution is 0.262. The summed E-state index contributed by atoms with van der Waals surface area (Å²) in [4.78, 5) is 36.9. The highest BCUT2D eigenvalue weighted by molar-refractivity contribution is 6.07. The maximum Gasteiger partial charge on any atom is 0.323 e. The number of carbonyl (C=O) groups excluding carboxylic acids is 1. The van der Waals surface area contributed by atoms with E-state index < -0.39 is 6.03 Å². The molecule has 0 saturated heterocycles. The van der Waals surface area contributed by atoms with Gasteiger partial charge in [-0.25, -0.2) is 9.78 Å². The molecule has 2 aromatic carbocycles. The zero-order valence-electron chi connectivity index (χ0n) is 28.4. The van der Waals surface area contributed by atoms with Gasteiger partial charge in [-0.15, -0.1) is 0 Å². The van der Waals surface area contributed by atoms with Gasteiger partial charge in [0, 0.05) is 53.9 Å². The van der Waals surface area contributed by atoms with E-state index in [0.29, 0.717) is 30.8 Å². The molecular formula is C40H44N6O2. The maximum atomic E-state index is 14.3. The Hall–Kier alpha value is -5.26. The lowest BCUT2D eigenvalue weighted by Gasteiger charge is -2.21. The quantitative estimate of drug-likeness (QED) is 0.0996. The van der Waals surface area contributed by atoms with Crippen LogP contribution in [0.1, 0.15) is 81.5 Å². The standard InChI is InChI=1S/C40H44N6O2/c1-6-7-24-46-38-34(17-11-21-43-38)35(31-14-8-12-29(25-31)13-10-20-42-26-30-18-22-41-23-19-30)37(39(46)47)45-40(48)44-36-32(27(2)3)15-9-16-33(36)28(4)5/h8-9,11-12,14-19,21-23,25,27-28,42H,6-7,20,24,26H2,1-5H3,(H2,44,45,48). The van der Waals surface area contributed by atoms with Gasteiger partial charge in [0.1, 0.15) is 11.3 Å². The summed E-state index contributed by atoms with van der Waals surface area (Å²) in [6, 6.07) is 21.2. The second-order valence-corrected chi connectivity index (χ2v) is 12.5. The third-order valence-electron chi connectivity index (χ3n) is 8.28. The molecule has 246 valence electrons. The van der Waals surface area contributed by atoms with Crippen LogP contribution in [0.25, 0.3) is 22.2 Å². The molecule has 3 heterocycles. The molecule has 0 unspecified atom stereocenters. The molecule has 5 aromatic rings. The van der Waals surface area contributed by atoms with Gasteiger partial charge in [-0.1, -0.05) is 83.2 Å². The summed E-state index contributed by atoms with van der Waals surface area (Å²) < 4.78 is 1.68. The fraction of sp³-hybridized carbons (Fsp3) is 0.300. The molecule has 0 radical (unpaired) electrons. The van der Waals surface area contributed by atoms with Gasteiger partial charge in [-0.3, -0.25) is 14.3 Å². The maximum absolute atomic E-state index is 14.3. The van der Waals surface area contributed by atoms with Crippen molar-refractivity contribution in [2.24, 2.45) is 0 Å². The highest BCUT2D eigenvalue weighted by atomic mass is 16.2. The molecule has 0 saturated carbocycles. The van der Waals surface area contributed by atoms with E-state index in [1.807, 2.05) is 66.7 Å². The van der Waals surface area contributed by atoms with Crippen LogP contribution in [0.4, 0.5) is 16.2 Å². The van der Waals surface area contributed by atoms with Crippen LogP contribution in [0.15, 0.2) is 90.1 Å². The Kier molecular flexibility index (Phi) is 11.4. The minimum atomic E-state index is -0.468. The first-order valence-corrected chi connectivity index (χ1v) is 16.7. The molecule has 5 rings (SSSR count). The topological polar surface area (TPSA) is 101 Å². The van der Waals surface area contributed by atoms with Gasteiger partial charge >= 0.3 is 6.03 Å². The number of nitrogens with one attached hydrogen (secondary N) is 3. The highest BCUT2D eigenvalue weighted by Gasteiger charge is 2.22. The molecule has 0 atom stereocenters. The van der Waals surface area contributed by atoms with Crippen molar-refractivity contribution in [3.8, 4) is 23.0 Å². The molecule has 3 N–H and O–H groups in total. The molecule has 0 spiro atoms. The molecule has 48 heavy (non-hydrogen) atoms. The van der Waals surface area contributed by atoms with E-state index in [4.69, 9.17) is 0 Å². The van der Waals surface area contributed by atoms with E-state index in [2.05, 4.69) is 72.4 Å². The largest absolute Gasteiger partial charge is 0.323 e. The average molecular weight is 641 g/mol. The SMILES string of the molecule is CCCCn1c(=O)c(NC(=O)Nc2c(C(C)C)cccc2C(C)C)c(-c2cccc(C#CCNCc3ccncc3)c2)c2cccnc21. The van der Waals surface area contributed by atoms with E-state index in [0.717, 1.165) is 51.7 Å². The number of urea groups is 1. The first-order chi connectivity index (χ1) is 23.3. The smallest absolute Gasteiger partial charge is 0.307 e. The minimum absolute atomic E-state index is 0.197. The predicted octanol–water partition coefficient (Wildman–Crippen LogP) is 8.29. The number of rotatable bonds is 11. The van der Waals surface area contributed by atoms with Gasteiger partial charge in [0.05, 0.1) is 6.54 Å². The summed E-state index contributed by atoms with van der Waals surface area (Å²) in [6.07, 6.45) is 6.96. The third kappa shape index (κ3) is 7.99. The number of hydrogen-bond acceptors (Lipinski definition) is 5. The Labute approximate surface area is 283 Å². The van der Waals surface area contributed by atoms with Crippen molar-refractivity contribution in [2.45, 2.75) is 72.4 Å². The number of carbonyl (C=O) groups is 1. The number of aromatic nitrogens is 3. The zero-order valence-corrected chi connectivity index (χ0v) is 28.4. The van der Waals surface area contributed by atoms with Gasteiger partial charge < -0.3 is 16.0 Å². The van der Waals surface area contributed by atoms with Gasteiger partial charge in [-0.05, 0) is 76.9 Å². The number of aryl methyl sites for hydroxylation is 1. The molecule has 0 aliphatic heterocycles. The lowest BCUT2D eigenvalue weighted by atomic mass is 9.93. The number of anilines is 2. The Bertz CT molecular complexity index is 1980. The molecular weight excluding hydrogens is 596 g/mol. The summed E-state index contributed by atoms with van der Waals surface area (Å²) >= 11 is 0. The fourth-order valence-corrected chi connectivity index (χ4v) is 5.84. The number of benzene rings is 2. The van der Waals surface area contributed by atoms with Crippen LogP contribution in [-0.4, -0.2) is 27.1 Å². The molecule has 0 aliphatic rings. The number of para-hydroxylation sites is 1. The zero-order chi connectivity index (χ0) is 34.0. The first kappa shape index (κ1) is 34.1. The van der Waals surface area contributed by atoms with Crippen LogP contribution in [0.2, 0.25) is 0 Å². The van der Waals surface area contributed by atoms with Crippen molar-refractivity contribution in [1.29, 1.82) is 0 Å². The molecule has 8 heteroatoms. The summed E-state index contributed by atoms with van der Waals surface area (Å²) in [5, 5.41) is 10.2. The summed E-state index contributed by atoms with van der Waals surface area (Å²) in [5.74, 6) is 6.84. The van der Waals surface area contributed by atoms with E-state index in [-0.39, 0.29) is 23.1 Å². The molecule has 8 nitrogen and oxygen atoms in total. The lowest BCUT2D eigenvalue weighted by Crippen LogP contribution is -2.30. The highest BCUT2D eigenvalue weighted by Crippen LogP contribution is 2.35. The van der Waals surface area contributed by atoms with Crippen molar-refractivity contribution in [3.05, 3.63) is 118 Å². The number of amides is 2.